The van der Waals surface area contributed by atoms with Crippen LogP contribution in [0.5, 0.6) is 0 Å². The van der Waals surface area contributed by atoms with Crippen molar-refractivity contribution in [3.63, 3.8) is 0 Å². The van der Waals surface area contributed by atoms with E-state index in [-0.39, 0.29) is 5.60 Å². The molecule has 0 spiro atoms. The van der Waals surface area contributed by atoms with Gasteiger partial charge in [-0.2, -0.15) is 0 Å². The van der Waals surface area contributed by atoms with Crippen molar-refractivity contribution in [2.45, 2.75) is 38.2 Å². The summed E-state index contributed by atoms with van der Waals surface area (Å²) in [6.07, 6.45) is 4.95. The standard InChI is InChI=1S/C10H21NO/c1-4-6-10(12-3)7-5-8-11(2)9-10/h4-9H2,1-3H3. The largest absolute Gasteiger partial charge is 0.377 e. The molecule has 2 heteroatoms. The van der Waals surface area contributed by atoms with Crippen LogP contribution >= 0.6 is 0 Å². The van der Waals surface area contributed by atoms with E-state index in [2.05, 4.69) is 18.9 Å². The molecule has 1 fully saturated rings. The first-order valence-corrected chi connectivity index (χ1v) is 4.96. The Morgan fingerprint density at radius 3 is 2.75 bits per heavy atom. The van der Waals surface area contributed by atoms with Crippen molar-refractivity contribution in [2.75, 3.05) is 27.2 Å². The lowest BCUT2D eigenvalue weighted by molar-refractivity contribution is -0.0647. The van der Waals surface area contributed by atoms with E-state index in [0.717, 1.165) is 6.54 Å². The summed E-state index contributed by atoms with van der Waals surface area (Å²) < 4.78 is 5.65. The van der Waals surface area contributed by atoms with E-state index in [1.807, 2.05) is 7.11 Å². The average Bonchev–Trinajstić information content (AvgIpc) is 2.05. The number of likely N-dealkylation sites (N-methyl/N-ethyl adjacent to an activating group) is 1. The topological polar surface area (TPSA) is 12.5 Å². The van der Waals surface area contributed by atoms with Crippen LogP contribution in [-0.2, 0) is 4.74 Å². The summed E-state index contributed by atoms with van der Waals surface area (Å²) in [5.74, 6) is 0. The third kappa shape index (κ3) is 2.20. The minimum absolute atomic E-state index is 0.168. The molecule has 0 aromatic heterocycles. The van der Waals surface area contributed by atoms with Crippen LogP contribution in [0, 0.1) is 0 Å². The SMILES string of the molecule is CCCC1(OC)CCCN(C)C1. The Morgan fingerprint density at radius 1 is 1.50 bits per heavy atom. The van der Waals surface area contributed by atoms with E-state index < -0.39 is 0 Å². The Bertz CT molecular complexity index is 134. The Morgan fingerprint density at radius 2 is 2.25 bits per heavy atom. The Labute approximate surface area is 75.9 Å². The molecule has 1 unspecified atom stereocenters. The molecule has 72 valence electrons. The Kier molecular flexibility index (Phi) is 3.53. The smallest absolute Gasteiger partial charge is 0.0805 e. The van der Waals surface area contributed by atoms with Crippen LogP contribution in [0.1, 0.15) is 32.6 Å². The lowest BCUT2D eigenvalue weighted by Crippen LogP contribution is -2.47. The van der Waals surface area contributed by atoms with E-state index in [1.54, 1.807) is 0 Å². The molecule has 1 heterocycles. The second kappa shape index (κ2) is 4.24. The van der Waals surface area contributed by atoms with Gasteiger partial charge in [0.2, 0.25) is 0 Å². The lowest BCUT2D eigenvalue weighted by atomic mass is 9.88. The average molecular weight is 171 g/mol. The number of ether oxygens (including phenoxy) is 1. The van der Waals surface area contributed by atoms with Crippen molar-refractivity contribution in [1.29, 1.82) is 0 Å². The third-order valence-electron chi connectivity index (χ3n) is 2.87. The van der Waals surface area contributed by atoms with Gasteiger partial charge in [0.15, 0.2) is 0 Å². The summed E-state index contributed by atoms with van der Waals surface area (Å²) in [5.41, 5.74) is 0.168. The lowest BCUT2D eigenvalue weighted by Gasteiger charge is -2.40. The zero-order chi connectivity index (χ0) is 9.03. The molecular weight excluding hydrogens is 150 g/mol. The molecule has 0 aromatic carbocycles. The second-order valence-corrected chi connectivity index (χ2v) is 3.98. The van der Waals surface area contributed by atoms with Gasteiger partial charge in [-0.1, -0.05) is 13.3 Å². The van der Waals surface area contributed by atoms with Crippen molar-refractivity contribution in [2.24, 2.45) is 0 Å². The number of hydrogen-bond donors (Lipinski definition) is 0. The normalized spacial score (nSPS) is 32.2. The van der Waals surface area contributed by atoms with Gasteiger partial charge in [-0.15, -0.1) is 0 Å². The summed E-state index contributed by atoms with van der Waals surface area (Å²) in [6.45, 7) is 4.57. The molecule has 1 rings (SSSR count). The summed E-state index contributed by atoms with van der Waals surface area (Å²) >= 11 is 0. The maximum Gasteiger partial charge on any atom is 0.0805 e. The molecular formula is C10H21NO. The Balaban J connectivity index is 2.51. The molecule has 0 radical (unpaired) electrons. The van der Waals surface area contributed by atoms with Gasteiger partial charge in [-0.05, 0) is 32.9 Å². The highest BCUT2D eigenvalue weighted by Crippen LogP contribution is 2.28. The summed E-state index contributed by atoms with van der Waals surface area (Å²) in [5, 5.41) is 0. The first kappa shape index (κ1) is 10.0. The van der Waals surface area contributed by atoms with Gasteiger partial charge in [-0.3, -0.25) is 0 Å². The highest BCUT2D eigenvalue weighted by atomic mass is 16.5. The van der Waals surface area contributed by atoms with Crippen molar-refractivity contribution in [1.82, 2.24) is 4.90 Å². The van der Waals surface area contributed by atoms with Crippen molar-refractivity contribution < 1.29 is 4.74 Å². The van der Waals surface area contributed by atoms with Gasteiger partial charge in [0.05, 0.1) is 5.60 Å². The predicted octanol–water partition coefficient (Wildman–Crippen LogP) is 1.90. The van der Waals surface area contributed by atoms with Crippen LogP contribution < -0.4 is 0 Å². The number of hydrogen-bond acceptors (Lipinski definition) is 2. The molecule has 0 N–H and O–H groups in total. The second-order valence-electron chi connectivity index (χ2n) is 3.98. The van der Waals surface area contributed by atoms with Gasteiger partial charge in [0.25, 0.3) is 0 Å². The van der Waals surface area contributed by atoms with Crippen LogP contribution in [0.2, 0.25) is 0 Å². The maximum atomic E-state index is 5.65. The summed E-state index contributed by atoms with van der Waals surface area (Å²) in [6, 6.07) is 0. The molecule has 0 amide bonds. The fourth-order valence-corrected chi connectivity index (χ4v) is 2.25. The van der Waals surface area contributed by atoms with E-state index >= 15 is 0 Å². The van der Waals surface area contributed by atoms with Gasteiger partial charge in [0, 0.05) is 13.7 Å². The number of likely N-dealkylation sites (tertiary alicyclic amines) is 1. The molecule has 0 bridgehead atoms. The van der Waals surface area contributed by atoms with E-state index in [9.17, 15) is 0 Å². The first-order valence-electron chi connectivity index (χ1n) is 4.96. The van der Waals surface area contributed by atoms with Crippen LogP contribution in [0.25, 0.3) is 0 Å². The van der Waals surface area contributed by atoms with E-state index in [0.29, 0.717) is 0 Å². The summed E-state index contributed by atoms with van der Waals surface area (Å²) in [7, 11) is 4.04. The van der Waals surface area contributed by atoms with Crippen LogP contribution in [0.4, 0.5) is 0 Å². The van der Waals surface area contributed by atoms with Crippen molar-refractivity contribution >= 4 is 0 Å². The predicted molar refractivity (Wildman–Crippen MR) is 51.4 cm³/mol. The number of methoxy groups -OCH3 is 1. The molecule has 1 aliphatic rings. The van der Waals surface area contributed by atoms with Gasteiger partial charge in [-0.25, -0.2) is 0 Å². The fraction of sp³-hybridized carbons (Fsp3) is 1.00. The highest BCUT2D eigenvalue weighted by molar-refractivity contribution is 4.87. The van der Waals surface area contributed by atoms with Gasteiger partial charge in [0.1, 0.15) is 0 Å². The highest BCUT2D eigenvalue weighted by Gasteiger charge is 2.32. The van der Waals surface area contributed by atoms with E-state index in [1.165, 1.54) is 32.2 Å². The van der Waals surface area contributed by atoms with Gasteiger partial charge >= 0.3 is 0 Å². The minimum Gasteiger partial charge on any atom is -0.377 e. The zero-order valence-corrected chi connectivity index (χ0v) is 8.60. The van der Waals surface area contributed by atoms with Crippen LogP contribution in [0.15, 0.2) is 0 Å². The molecule has 1 aliphatic heterocycles. The molecule has 1 saturated heterocycles. The quantitative estimate of drug-likeness (QED) is 0.643. The number of nitrogens with zero attached hydrogens (tertiary/aromatic N) is 1. The molecule has 2 nitrogen and oxygen atoms in total. The monoisotopic (exact) mass is 171 g/mol. The number of piperidine rings is 1. The maximum absolute atomic E-state index is 5.65. The molecule has 0 aliphatic carbocycles. The fourth-order valence-electron chi connectivity index (χ4n) is 2.25. The first-order chi connectivity index (χ1) is 5.72. The molecule has 1 atom stereocenters. The van der Waals surface area contributed by atoms with E-state index in [4.69, 9.17) is 4.74 Å². The molecule has 0 aromatic rings. The van der Waals surface area contributed by atoms with Gasteiger partial charge < -0.3 is 9.64 Å². The third-order valence-corrected chi connectivity index (χ3v) is 2.87. The summed E-state index contributed by atoms with van der Waals surface area (Å²) in [4.78, 5) is 2.38. The van der Waals surface area contributed by atoms with Crippen LogP contribution in [-0.4, -0.2) is 37.7 Å². The molecule has 12 heavy (non-hydrogen) atoms. The van der Waals surface area contributed by atoms with Crippen molar-refractivity contribution in [3.05, 3.63) is 0 Å². The number of rotatable bonds is 3. The zero-order valence-electron chi connectivity index (χ0n) is 8.60. The molecule has 0 saturated carbocycles. The van der Waals surface area contributed by atoms with Crippen molar-refractivity contribution in [3.8, 4) is 0 Å². The minimum atomic E-state index is 0.168. The Hall–Kier alpha value is -0.0800. The van der Waals surface area contributed by atoms with Crippen LogP contribution in [0.3, 0.4) is 0 Å².